The van der Waals surface area contributed by atoms with Crippen LogP contribution in [0, 0.1) is 11.8 Å². The van der Waals surface area contributed by atoms with Gasteiger partial charge in [-0.3, -0.25) is 0 Å². The third kappa shape index (κ3) is 3.66. The summed E-state index contributed by atoms with van der Waals surface area (Å²) in [5, 5.41) is 8.46. The molecule has 3 nitrogen and oxygen atoms in total. The zero-order valence-corrected chi connectivity index (χ0v) is 9.03. The van der Waals surface area contributed by atoms with Crippen molar-refractivity contribution in [3.8, 4) is 0 Å². The average molecular weight is 200 g/mol. The van der Waals surface area contributed by atoms with E-state index in [-0.39, 0.29) is 12.7 Å². The highest BCUT2D eigenvalue weighted by Crippen LogP contribution is 2.31. The quantitative estimate of drug-likeness (QED) is 0.757. The maximum absolute atomic E-state index is 10.3. The van der Waals surface area contributed by atoms with Crippen molar-refractivity contribution in [2.75, 3.05) is 6.61 Å². The van der Waals surface area contributed by atoms with Crippen LogP contribution in [0.2, 0.25) is 0 Å². The summed E-state index contributed by atoms with van der Waals surface area (Å²) < 4.78 is 5.27. The molecule has 0 spiro atoms. The highest BCUT2D eigenvalue weighted by atomic mass is 16.5. The minimum atomic E-state index is -0.865. The van der Waals surface area contributed by atoms with E-state index in [1.807, 2.05) is 0 Å². The molecule has 82 valence electrons. The topological polar surface area (TPSA) is 46.5 Å². The number of rotatable bonds is 4. The van der Waals surface area contributed by atoms with Gasteiger partial charge in [0.25, 0.3) is 0 Å². The Morgan fingerprint density at radius 3 is 2.36 bits per heavy atom. The fourth-order valence-corrected chi connectivity index (χ4v) is 2.11. The lowest BCUT2D eigenvalue weighted by atomic mass is 9.80. The van der Waals surface area contributed by atoms with Crippen molar-refractivity contribution in [3.05, 3.63) is 0 Å². The lowest BCUT2D eigenvalue weighted by molar-refractivity contribution is -0.145. The van der Waals surface area contributed by atoms with Crippen LogP contribution in [0.1, 0.15) is 39.5 Å². The summed E-state index contributed by atoms with van der Waals surface area (Å²) in [5.74, 6) is 0.686. The van der Waals surface area contributed by atoms with Crippen molar-refractivity contribution in [2.45, 2.75) is 45.6 Å². The van der Waals surface area contributed by atoms with Crippen molar-refractivity contribution in [1.82, 2.24) is 0 Å². The van der Waals surface area contributed by atoms with Gasteiger partial charge in [0, 0.05) is 0 Å². The molecule has 0 unspecified atom stereocenters. The zero-order valence-electron chi connectivity index (χ0n) is 9.03. The molecular formula is C11H20O3. The summed E-state index contributed by atoms with van der Waals surface area (Å²) in [6.45, 7) is 4.36. The minimum absolute atomic E-state index is 0.142. The third-order valence-corrected chi connectivity index (χ3v) is 3.10. The van der Waals surface area contributed by atoms with Crippen LogP contribution in [0.15, 0.2) is 0 Å². The van der Waals surface area contributed by atoms with Gasteiger partial charge in [0.1, 0.15) is 6.61 Å². The Kier molecular flexibility index (Phi) is 4.39. The Morgan fingerprint density at radius 2 is 1.93 bits per heavy atom. The molecule has 0 radical (unpaired) electrons. The van der Waals surface area contributed by atoms with Gasteiger partial charge in [-0.2, -0.15) is 0 Å². The molecular weight excluding hydrogens is 180 g/mol. The van der Waals surface area contributed by atoms with Gasteiger partial charge < -0.3 is 9.84 Å². The maximum Gasteiger partial charge on any atom is 0.329 e. The van der Waals surface area contributed by atoms with E-state index in [4.69, 9.17) is 9.84 Å². The van der Waals surface area contributed by atoms with Crippen LogP contribution in [-0.4, -0.2) is 23.8 Å². The van der Waals surface area contributed by atoms with Crippen LogP contribution < -0.4 is 0 Å². The first-order valence-electron chi connectivity index (χ1n) is 5.43. The third-order valence-electron chi connectivity index (χ3n) is 3.10. The van der Waals surface area contributed by atoms with Crippen LogP contribution in [0.5, 0.6) is 0 Å². The van der Waals surface area contributed by atoms with Gasteiger partial charge >= 0.3 is 5.97 Å². The zero-order chi connectivity index (χ0) is 10.6. The standard InChI is InChI=1S/C11H20O3/c1-8(2)9-3-5-10(6-4-9)14-7-11(12)13/h8-10H,3-7H2,1-2H3,(H,12,13). The van der Waals surface area contributed by atoms with Crippen molar-refractivity contribution < 1.29 is 14.6 Å². The van der Waals surface area contributed by atoms with E-state index >= 15 is 0 Å². The molecule has 0 aromatic carbocycles. The first-order valence-corrected chi connectivity index (χ1v) is 5.43. The summed E-state index contributed by atoms with van der Waals surface area (Å²) >= 11 is 0. The second-order valence-electron chi connectivity index (χ2n) is 4.49. The Hall–Kier alpha value is -0.570. The SMILES string of the molecule is CC(C)C1CCC(OCC(=O)O)CC1. The summed E-state index contributed by atoms with van der Waals surface area (Å²) in [6, 6.07) is 0. The molecule has 3 heteroatoms. The highest BCUT2D eigenvalue weighted by molar-refractivity contribution is 5.68. The predicted molar refractivity (Wildman–Crippen MR) is 54.2 cm³/mol. The first-order chi connectivity index (χ1) is 6.59. The molecule has 1 aliphatic rings. The normalized spacial score (nSPS) is 27.9. The molecule has 1 aliphatic carbocycles. The summed E-state index contributed by atoms with van der Waals surface area (Å²) in [7, 11) is 0. The van der Waals surface area contributed by atoms with Gasteiger partial charge in [0.05, 0.1) is 6.10 Å². The van der Waals surface area contributed by atoms with Crippen molar-refractivity contribution in [1.29, 1.82) is 0 Å². The average Bonchev–Trinajstić information content (AvgIpc) is 2.15. The molecule has 0 aromatic heterocycles. The van der Waals surface area contributed by atoms with E-state index in [0.29, 0.717) is 0 Å². The Morgan fingerprint density at radius 1 is 1.36 bits per heavy atom. The molecule has 1 rings (SSSR count). The predicted octanol–water partition coefficient (Wildman–Crippen LogP) is 2.30. The Labute approximate surface area is 85.5 Å². The van der Waals surface area contributed by atoms with Gasteiger partial charge in [-0.25, -0.2) is 4.79 Å². The lowest BCUT2D eigenvalue weighted by Crippen LogP contribution is -2.26. The number of hydrogen-bond acceptors (Lipinski definition) is 2. The highest BCUT2D eigenvalue weighted by Gasteiger charge is 2.23. The Balaban J connectivity index is 2.19. The van der Waals surface area contributed by atoms with E-state index in [2.05, 4.69) is 13.8 Å². The molecule has 0 atom stereocenters. The van der Waals surface area contributed by atoms with Gasteiger partial charge in [-0.05, 0) is 37.5 Å². The van der Waals surface area contributed by atoms with Gasteiger partial charge in [-0.15, -0.1) is 0 Å². The molecule has 1 N–H and O–H groups in total. The van der Waals surface area contributed by atoms with E-state index in [1.165, 1.54) is 12.8 Å². The summed E-state index contributed by atoms with van der Waals surface area (Å²) in [6.07, 6.45) is 4.59. The molecule has 1 saturated carbocycles. The van der Waals surface area contributed by atoms with Crippen molar-refractivity contribution >= 4 is 5.97 Å². The van der Waals surface area contributed by atoms with Gasteiger partial charge in [0.2, 0.25) is 0 Å². The van der Waals surface area contributed by atoms with Crippen molar-refractivity contribution in [3.63, 3.8) is 0 Å². The largest absolute Gasteiger partial charge is 0.480 e. The van der Waals surface area contributed by atoms with Crippen LogP contribution in [-0.2, 0) is 9.53 Å². The van der Waals surface area contributed by atoms with E-state index in [0.717, 1.165) is 24.7 Å². The number of carboxylic acids is 1. The molecule has 14 heavy (non-hydrogen) atoms. The number of ether oxygens (including phenoxy) is 1. The van der Waals surface area contributed by atoms with Crippen LogP contribution >= 0.6 is 0 Å². The van der Waals surface area contributed by atoms with E-state index in [1.54, 1.807) is 0 Å². The van der Waals surface area contributed by atoms with E-state index < -0.39 is 5.97 Å². The van der Waals surface area contributed by atoms with Gasteiger partial charge in [-0.1, -0.05) is 13.8 Å². The number of hydrogen-bond donors (Lipinski definition) is 1. The molecule has 0 saturated heterocycles. The monoisotopic (exact) mass is 200 g/mol. The van der Waals surface area contributed by atoms with Crippen LogP contribution in [0.4, 0.5) is 0 Å². The molecule has 1 fully saturated rings. The fourth-order valence-electron chi connectivity index (χ4n) is 2.11. The lowest BCUT2D eigenvalue weighted by Gasteiger charge is -2.30. The second-order valence-corrected chi connectivity index (χ2v) is 4.49. The van der Waals surface area contributed by atoms with E-state index in [9.17, 15) is 4.79 Å². The fraction of sp³-hybridized carbons (Fsp3) is 0.909. The second kappa shape index (κ2) is 5.35. The van der Waals surface area contributed by atoms with Crippen LogP contribution in [0.25, 0.3) is 0 Å². The molecule has 0 heterocycles. The van der Waals surface area contributed by atoms with Crippen LogP contribution in [0.3, 0.4) is 0 Å². The Bertz CT molecular complexity index is 181. The number of carbonyl (C=O) groups is 1. The van der Waals surface area contributed by atoms with Gasteiger partial charge in [0.15, 0.2) is 0 Å². The smallest absolute Gasteiger partial charge is 0.329 e. The minimum Gasteiger partial charge on any atom is -0.480 e. The van der Waals surface area contributed by atoms with Crippen molar-refractivity contribution in [2.24, 2.45) is 11.8 Å². The summed E-state index contributed by atoms with van der Waals surface area (Å²) in [4.78, 5) is 10.3. The number of aliphatic carboxylic acids is 1. The molecule has 0 amide bonds. The maximum atomic E-state index is 10.3. The molecule has 0 aliphatic heterocycles. The first kappa shape index (κ1) is 11.5. The number of carboxylic acid groups (broad SMARTS) is 1. The molecule has 0 bridgehead atoms. The molecule has 0 aromatic rings. The summed E-state index contributed by atoms with van der Waals surface area (Å²) in [5.41, 5.74) is 0.